The molecule has 94 valence electrons. The van der Waals surface area contributed by atoms with Gasteiger partial charge in [0.1, 0.15) is 5.82 Å². The highest BCUT2D eigenvalue weighted by Gasteiger charge is 2.22. The summed E-state index contributed by atoms with van der Waals surface area (Å²) in [6.07, 6.45) is 0. The van der Waals surface area contributed by atoms with E-state index in [1.807, 2.05) is 0 Å². The molecule has 1 amide bonds. The summed E-state index contributed by atoms with van der Waals surface area (Å²) in [5, 5.41) is 0. The molecular weight excluding hydrogens is 269 g/mol. The monoisotopic (exact) mass is 279 g/mol. The van der Waals surface area contributed by atoms with E-state index in [1.54, 1.807) is 6.92 Å². The van der Waals surface area contributed by atoms with Gasteiger partial charge in [0.15, 0.2) is 0 Å². The number of nitrogens with zero attached hydrogens (tertiary/aromatic N) is 1. The van der Waals surface area contributed by atoms with Crippen LogP contribution in [-0.4, -0.2) is 32.8 Å². The minimum Gasteiger partial charge on any atom is -0.342 e. The summed E-state index contributed by atoms with van der Waals surface area (Å²) in [5.74, 6) is -1.28. The van der Waals surface area contributed by atoms with Crippen molar-refractivity contribution in [3.05, 3.63) is 29.6 Å². The van der Waals surface area contributed by atoms with Crippen LogP contribution in [0.2, 0.25) is 0 Å². The summed E-state index contributed by atoms with van der Waals surface area (Å²) < 4.78 is 35.6. The fraction of sp³-hybridized carbons (Fsp3) is 0.300. The van der Waals surface area contributed by atoms with Crippen LogP contribution in [0.15, 0.2) is 23.1 Å². The number of carbonyl (C=O) groups excluding carboxylic acids is 1. The summed E-state index contributed by atoms with van der Waals surface area (Å²) >= 11 is 0. The van der Waals surface area contributed by atoms with Gasteiger partial charge in [-0.05, 0) is 25.1 Å². The second-order valence-corrected chi connectivity index (χ2v) is 5.93. The van der Waals surface area contributed by atoms with Gasteiger partial charge in [-0.2, -0.15) is 0 Å². The lowest BCUT2D eigenvalue weighted by Crippen LogP contribution is -2.27. The molecule has 4 nitrogen and oxygen atoms in total. The fourth-order valence-electron chi connectivity index (χ4n) is 1.23. The molecule has 0 fully saturated rings. The lowest BCUT2D eigenvalue weighted by Gasteiger charge is -2.16. The van der Waals surface area contributed by atoms with Crippen molar-refractivity contribution in [3.8, 4) is 0 Å². The van der Waals surface area contributed by atoms with E-state index in [0.29, 0.717) is 6.54 Å². The van der Waals surface area contributed by atoms with Crippen LogP contribution in [0.25, 0.3) is 0 Å². The van der Waals surface area contributed by atoms with Gasteiger partial charge in [0.25, 0.3) is 15.0 Å². The van der Waals surface area contributed by atoms with Crippen LogP contribution in [0.1, 0.15) is 17.3 Å². The molecule has 0 saturated heterocycles. The number of hydrogen-bond donors (Lipinski definition) is 0. The quantitative estimate of drug-likeness (QED) is 0.794. The molecule has 0 radical (unpaired) electrons. The lowest BCUT2D eigenvalue weighted by atomic mass is 10.2. The molecule has 0 saturated carbocycles. The Hall–Kier alpha value is -1.14. The molecule has 0 unspecified atom stereocenters. The normalized spacial score (nSPS) is 11.3. The first kappa shape index (κ1) is 13.9. The summed E-state index contributed by atoms with van der Waals surface area (Å²) in [6.45, 7) is 2.09. The minimum atomic E-state index is -4.08. The first-order chi connectivity index (χ1) is 7.77. The fourth-order valence-corrected chi connectivity index (χ4v) is 2.27. The van der Waals surface area contributed by atoms with Crippen LogP contribution in [0, 0.1) is 5.82 Å². The Morgan fingerprint density at radius 3 is 2.53 bits per heavy atom. The van der Waals surface area contributed by atoms with E-state index in [2.05, 4.69) is 0 Å². The third-order valence-corrected chi connectivity index (χ3v) is 3.64. The van der Waals surface area contributed by atoms with Crippen molar-refractivity contribution >= 4 is 25.6 Å². The van der Waals surface area contributed by atoms with Gasteiger partial charge < -0.3 is 4.90 Å². The van der Waals surface area contributed by atoms with Crippen LogP contribution in [0.3, 0.4) is 0 Å². The van der Waals surface area contributed by atoms with Crippen molar-refractivity contribution in [1.82, 2.24) is 4.90 Å². The highest BCUT2D eigenvalue weighted by atomic mass is 35.7. The van der Waals surface area contributed by atoms with Gasteiger partial charge in [0, 0.05) is 24.3 Å². The Balaban J connectivity index is 3.41. The maximum absolute atomic E-state index is 13.1. The molecule has 7 heteroatoms. The third kappa shape index (κ3) is 3.17. The number of rotatable bonds is 3. The molecule has 0 aliphatic carbocycles. The zero-order valence-electron chi connectivity index (χ0n) is 9.28. The number of halogens is 2. The van der Waals surface area contributed by atoms with Gasteiger partial charge >= 0.3 is 0 Å². The molecule has 17 heavy (non-hydrogen) atoms. The number of carbonyl (C=O) groups is 1. The van der Waals surface area contributed by atoms with E-state index in [4.69, 9.17) is 10.7 Å². The molecule has 0 aliphatic heterocycles. The standard InChI is InChI=1S/C10H11ClFNO3S/c1-3-13(2)10(14)8-6-7(12)4-5-9(8)17(11,15)16/h4-6H,3H2,1-2H3. The van der Waals surface area contributed by atoms with Gasteiger partial charge in [0.2, 0.25) is 0 Å². The summed E-state index contributed by atoms with van der Waals surface area (Å²) in [7, 11) is 2.59. The van der Waals surface area contributed by atoms with Crippen LogP contribution in [-0.2, 0) is 9.05 Å². The summed E-state index contributed by atoms with van der Waals surface area (Å²) in [4.78, 5) is 12.7. The SMILES string of the molecule is CCN(C)C(=O)c1cc(F)ccc1S(=O)(=O)Cl. The second kappa shape index (κ2) is 5.01. The smallest absolute Gasteiger partial charge is 0.262 e. The van der Waals surface area contributed by atoms with Crippen molar-refractivity contribution in [1.29, 1.82) is 0 Å². The van der Waals surface area contributed by atoms with Crippen molar-refractivity contribution in [2.75, 3.05) is 13.6 Å². The predicted octanol–water partition coefficient (Wildman–Crippen LogP) is 1.85. The topological polar surface area (TPSA) is 54.5 Å². The average molecular weight is 280 g/mol. The zero-order valence-corrected chi connectivity index (χ0v) is 10.8. The first-order valence-electron chi connectivity index (χ1n) is 4.77. The van der Waals surface area contributed by atoms with Crippen molar-refractivity contribution in [2.24, 2.45) is 0 Å². The molecule has 1 aromatic carbocycles. The molecule has 0 bridgehead atoms. The van der Waals surface area contributed by atoms with Crippen LogP contribution in [0.5, 0.6) is 0 Å². The minimum absolute atomic E-state index is 0.260. The van der Waals surface area contributed by atoms with E-state index in [1.165, 1.54) is 11.9 Å². The maximum Gasteiger partial charge on any atom is 0.262 e. The van der Waals surface area contributed by atoms with Crippen molar-refractivity contribution in [2.45, 2.75) is 11.8 Å². The Labute approximate surface area is 103 Å². The van der Waals surface area contributed by atoms with Crippen molar-refractivity contribution in [3.63, 3.8) is 0 Å². The Kier molecular flexibility index (Phi) is 4.11. The molecule has 0 atom stereocenters. The average Bonchev–Trinajstić information content (AvgIpc) is 2.25. The van der Waals surface area contributed by atoms with E-state index in [-0.39, 0.29) is 10.5 Å². The molecule has 0 heterocycles. The van der Waals surface area contributed by atoms with Gasteiger partial charge in [0.05, 0.1) is 10.5 Å². The zero-order chi connectivity index (χ0) is 13.2. The van der Waals surface area contributed by atoms with E-state index in [9.17, 15) is 17.6 Å². The second-order valence-electron chi connectivity index (χ2n) is 3.40. The van der Waals surface area contributed by atoms with E-state index in [0.717, 1.165) is 18.2 Å². The highest BCUT2D eigenvalue weighted by molar-refractivity contribution is 8.13. The van der Waals surface area contributed by atoms with Crippen molar-refractivity contribution < 1.29 is 17.6 Å². The molecular formula is C10H11ClFNO3S. The third-order valence-electron chi connectivity index (χ3n) is 2.26. The summed E-state index contributed by atoms with van der Waals surface area (Å²) in [5.41, 5.74) is -0.260. The largest absolute Gasteiger partial charge is 0.342 e. The molecule has 0 aromatic heterocycles. The Morgan fingerprint density at radius 1 is 1.47 bits per heavy atom. The molecule has 1 rings (SSSR count). The Morgan fingerprint density at radius 2 is 2.06 bits per heavy atom. The van der Waals surface area contributed by atoms with Crippen LogP contribution >= 0.6 is 10.7 Å². The maximum atomic E-state index is 13.1. The first-order valence-corrected chi connectivity index (χ1v) is 7.08. The Bertz CT molecular complexity index is 544. The van der Waals surface area contributed by atoms with Gasteiger partial charge in [-0.25, -0.2) is 12.8 Å². The van der Waals surface area contributed by atoms with Gasteiger partial charge in [-0.1, -0.05) is 0 Å². The van der Waals surface area contributed by atoms with Gasteiger partial charge in [-0.3, -0.25) is 4.79 Å². The molecule has 1 aromatic rings. The van der Waals surface area contributed by atoms with E-state index >= 15 is 0 Å². The molecule has 0 N–H and O–H groups in total. The predicted molar refractivity (Wildman–Crippen MR) is 62.1 cm³/mol. The molecule has 0 aliphatic rings. The number of amides is 1. The highest BCUT2D eigenvalue weighted by Crippen LogP contribution is 2.22. The van der Waals surface area contributed by atoms with Gasteiger partial charge in [-0.15, -0.1) is 0 Å². The number of hydrogen-bond acceptors (Lipinski definition) is 3. The number of benzene rings is 1. The van der Waals surface area contributed by atoms with E-state index < -0.39 is 20.8 Å². The van der Waals surface area contributed by atoms with Crippen LogP contribution < -0.4 is 0 Å². The van der Waals surface area contributed by atoms with Crippen LogP contribution in [0.4, 0.5) is 4.39 Å². The molecule has 0 spiro atoms. The summed E-state index contributed by atoms with van der Waals surface area (Å²) in [6, 6.07) is 2.79. The lowest BCUT2D eigenvalue weighted by molar-refractivity contribution is 0.0798.